The highest BCUT2D eigenvalue weighted by Gasteiger charge is 2.22. The highest BCUT2D eigenvalue weighted by atomic mass is 16.5. The van der Waals surface area contributed by atoms with Crippen LogP contribution >= 0.6 is 0 Å². The van der Waals surface area contributed by atoms with Gasteiger partial charge < -0.3 is 9.84 Å². The molecular formula is C11H12N4O. The van der Waals surface area contributed by atoms with Crippen molar-refractivity contribution in [3.05, 3.63) is 30.4 Å². The molecule has 3 heterocycles. The second-order valence-electron chi connectivity index (χ2n) is 3.88. The summed E-state index contributed by atoms with van der Waals surface area (Å²) in [5.41, 5.74) is 0.916. The fourth-order valence-corrected chi connectivity index (χ4v) is 1.89. The Morgan fingerprint density at radius 2 is 2.19 bits per heavy atom. The average Bonchev–Trinajstić information content (AvgIpc) is 3.01. The van der Waals surface area contributed by atoms with Gasteiger partial charge in [-0.2, -0.15) is 4.98 Å². The lowest BCUT2D eigenvalue weighted by Crippen LogP contribution is -2.08. The van der Waals surface area contributed by atoms with Crippen LogP contribution in [0, 0.1) is 0 Å². The van der Waals surface area contributed by atoms with Gasteiger partial charge in [-0.3, -0.25) is 4.98 Å². The highest BCUT2D eigenvalue weighted by Crippen LogP contribution is 2.22. The second-order valence-corrected chi connectivity index (χ2v) is 3.88. The van der Waals surface area contributed by atoms with Crippen molar-refractivity contribution in [2.75, 3.05) is 13.1 Å². The summed E-state index contributed by atoms with van der Waals surface area (Å²) in [6.07, 6.45) is 4.52. The Balaban J connectivity index is 1.87. The van der Waals surface area contributed by atoms with Crippen LogP contribution in [0.3, 0.4) is 0 Å². The zero-order chi connectivity index (χ0) is 10.8. The number of nitrogens with one attached hydrogen (secondary N) is 1. The van der Waals surface area contributed by atoms with Crippen LogP contribution in [0.1, 0.15) is 18.2 Å². The lowest BCUT2D eigenvalue weighted by Gasteiger charge is -1.98. The van der Waals surface area contributed by atoms with E-state index in [1.165, 1.54) is 0 Å². The Hall–Kier alpha value is -1.75. The molecule has 1 saturated heterocycles. The largest absolute Gasteiger partial charge is 0.334 e. The molecule has 2 aromatic rings. The first-order valence-corrected chi connectivity index (χ1v) is 5.38. The molecule has 3 rings (SSSR count). The third-order valence-electron chi connectivity index (χ3n) is 2.79. The van der Waals surface area contributed by atoms with Crippen molar-refractivity contribution in [2.45, 2.75) is 12.3 Å². The SMILES string of the molecule is c1cc(-c2nc(C3CCNC3)no2)ccn1. The van der Waals surface area contributed by atoms with Crippen LogP contribution in [0.25, 0.3) is 11.5 Å². The van der Waals surface area contributed by atoms with Gasteiger partial charge in [-0.1, -0.05) is 5.16 Å². The van der Waals surface area contributed by atoms with Gasteiger partial charge in [-0.25, -0.2) is 0 Å². The molecule has 82 valence electrons. The minimum absolute atomic E-state index is 0.388. The van der Waals surface area contributed by atoms with Crippen molar-refractivity contribution >= 4 is 0 Å². The molecule has 1 atom stereocenters. The second kappa shape index (κ2) is 4.02. The van der Waals surface area contributed by atoms with Crippen LogP contribution in [0.5, 0.6) is 0 Å². The smallest absolute Gasteiger partial charge is 0.258 e. The zero-order valence-corrected chi connectivity index (χ0v) is 8.76. The Bertz CT molecular complexity index is 462. The van der Waals surface area contributed by atoms with Crippen molar-refractivity contribution < 1.29 is 4.52 Å². The summed E-state index contributed by atoms with van der Waals surface area (Å²) in [4.78, 5) is 8.37. The lowest BCUT2D eigenvalue weighted by atomic mass is 10.1. The van der Waals surface area contributed by atoms with Gasteiger partial charge in [-0.15, -0.1) is 0 Å². The molecule has 1 aliphatic rings. The quantitative estimate of drug-likeness (QED) is 0.817. The van der Waals surface area contributed by atoms with Crippen molar-refractivity contribution in [2.24, 2.45) is 0 Å². The highest BCUT2D eigenvalue weighted by molar-refractivity contribution is 5.51. The number of aromatic nitrogens is 3. The predicted octanol–water partition coefficient (Wildman–Crippen LogP) is 1.21. The summed E-state index contributed by atoms with van der Waals surface area (Å²) in [5.74, 6) is 1.76. The van der Waals surface area contributed by atoms with E-state index in [0.29, 0.717) is 11.8 Å². The normalized spacial score (nSPS) is 20.1. The molecule has 0 aromatic carbocycles. The van der Waals surface area contributed by atoms with Crippen molar-refractivity contribution in [3.63, 3.8) is 0 Å². The minimum atomic E-state index is 0.388. The average molecular weight is 216 g/mol. The van der Waals surface area contributed by atoms with Crippen molar-refractivity contribution in [3.8, 4) is 11.5 Å². The number of hydrogen-bond acceptors (Lipinski definition) is 5. The molecule has 1 N–H and O–H groups in total. The molecule has 0 aliphatic carbocycles. The molecule has 2 aromatic heterocycles. The van der Waals surface area contributed by atoms with Crippen molar-refractivity contribution in [1.29, 1.82) is 0 Å². The van der Waals surface area contributed by atoms with Gasteiger partial charge in [0.2, 0.25) is 0 Å². The van der Waals surface area contributed by atoms with Gasteiger partial charge in [0, 0.05) is 30.4 Å². The molecule has 5 nitrogen and oxygen atoms in total. The first-order chi connectivity index (χ1) is 7.93. The Morgan fingerprint density at radius 1 is 1.31 bits per heavy atom. The molecule has 0 amide bonds. The predicted molar refractivity (Wildman–Crippen MR) is 57.8 cm³/mol. The number of nitrogens with zero attached hydrogens (tertiary/aromatic N) is 3. The summed E-state index contributed by atoms with van der Waals surface area (Å²) < 4.78 is 5.25. The standard InChI is InChI=1S/C11H12N4O/c1-4-12-5-2-8(1)11-14-10(15-16-11)9-3-6-13-7-9/h1-2,4-5,9,13H,3,6-7H2. The van der Waals surface area contributed by atoms with E-state index in [-0.39, 0.29) is 0 Å². The van der Waals surface area contributed by atoms with Gasteiger partial charge in [0.05, 0.1) is 0 Å². The van der Waals surface area contributed by atoms with Gasteiger partial charge in [0.15, 0.2) is 5.82 Å². The molecular weight excluding hydrogens is 204 g/mol. The van der Waals surface area contributed by atoms with Crippen LogP contribution in [-0.4, -0.2) is 28.2 Å². The van der Waals surface area contributed by atoms with Gasteiger partial charge >= 0.3 is 0 Å². The van der Waals surface area contributed by atoms with E-state index in [1.807, 2.05) is 12.1 Å². The summed E-state index contributed by atoms with van der Waals surface area (Å²) in [7, 11) is 0. The molecule has 16 heavy (non-hydrogen) atoms. The molecule has 0 radical (unpaired) electrons. The van der Waals surface area contributed by atoms with Crippen LogP contribution in [0.4, 0.5) is 0 Å². The van der Waals surface area contributed by atoms with Gasteiger partial charge in [-0.05, 0) is 25.1 Å². The maximum absolute atomic E-state index is 5.25. The van der Waals surface area contributed by atoms with E-state index < -0.39 is 0 Å². The summed E-state index contributed by atoms with van der Waals surface area (Å²) in [5, 5.41) is 7.32. The summed E-state index contributed by atoms with van der Waals surface area (Å²) in [6.45, 7) is 1.97. The Morgan fingerprint density at radius 3 is 2.94 bits per heavy atom. The minimum Gasteiger partial charge on any atom is -0.334 e. The monoisotopic (exact) mass is 216 g/mol. The third kappa shape index (κ3) is 1.69. The fraction of sp³-hybridized carbons (Fsp3) is 0.364. The van der Waals surface area contributed by atoms with Gasteiger partial charge in [0.25, 0.3) is 5.89 Å². The molecule has 0 bridgehead atoms. The number of rotatable bonds is 2. The fourth-order valence-electron chi connectivity index (χ4n) is 1.89. The van der Waals surface area contributed by atoms with Crippen molar-refractivity contribution in [1.82, 2.24) is 20.4 Å². The third-order valence-corrected chi connectivity index (χ3v) is 2.79. The van der Waals surface area contributed by atoms with E-state index >= 15 is 0 Å². The molecule has 0 spiro atoms. The first kappa shape index (κ1) is 9.47. The van der Waals surface area contributed by atoms with Crippen LogP contribution in [0.2, 0.25) is 0 Å². The zero-order valence-electron chi connectivity index (χ0n) is 8.76. The molecule has 1 fully saturated rings. The summed E-state index contributed by atoms with van der Waals surface area (Å²) >= 11 is 0. The van der Waals surface area contributed by atoms with Gasteiger partial charge in [0.1, 0.15) is 0 Å². The van der Waals surface area contributed by atoms with E-state index in [4.69, 9.17) is 4.52 Å². The van der Waals surface area contributed by atoms with Crippen LogP contribution in [0.15, 0.2) is 29.0 Å². The molecule has 0 saturated carbocycles. The first-order valence-electron chi connectivity index (χ1n) is 5.38. The van der Waals surface area contributed by atoms with E-state index in [0.717, 1.165) is 30.9 Å². The van der Waals surface area contributed by atoms with E-state index in [9.17, 15) is 0 Å². The maximum Gasteiger partial charge on any atom is 0.258 e. The molecule has 1 aliphatic heterocycles. The lowest BCUT2D eigenvalue weighted by molar-refractivity contribution is 0.417. The maximum atomic E-state index is 5.25. The topological polar surface area (TPSA) is 63.8 Å². The van der Waals surface area contributed by atoms with Crippen LogP contribution < -0.4 is 5.32 Å². The number of pyridine rings is 1. The molecule has 1 unspecified atom stereocenters. The summed E-state index contributed by atoms with van der Waals surface area (Å²) in [6, 6.07) is 3.73. The van der Waals surface area contributed by atoms with Crippen LogP contribution in [-0.2, 0) is 0 Å². The van der Waals surface area contributed by atoms with E-state index in [2.05, 4.69) is 20.4 Å². The number of hydrogen-bond donors (Lipinski definition) is 1. The molecule has 5 heteroatoms. The Labute approximate surface area is 92.9 Å². The van der Waals surface area contributed by atoms with E-state index in [1.54, 1.807) is 12.4 Å². The Kier molecular flexibility index (Phi) is 2.38.